The second kappa shape index (κ2) is 3.20. The van der Waals surface area contributed by atoms with E-state index in [2.05, 4.69) is 10.4 Å². The predicted molar refractivity (Wildman–Crippen MR) is 48.0 cm³/mol. The van der Waals surface area contributed by atoms with Crippen LogP contribution in [0, 0.1) is 0 Å². The first-order valence-electron chi connectivity index (χ1n) is 4.56. The Morgan fingerprint density at radius 3 is 3.38 bits per heavy atom. The third-order valence-electron chi connectivity index (χ3n) is 2.35. The number of aryl methyl sites for hydroxylation is 1. The maximum Gasteiger partial charge on any atom is 0.217 e. The lowest BCUT2D eigenvalue weighted by molar-refractivity contribution is -0.119. The van der Waals surface area contributed by atoms with E-state index in [1.165, 1.54) is 0 Å². The molecule has 1 N–H and O–H groups in total. The quantitative estimate of drug-likeness (QED) is 0.694. The van der Waals surface area contributed by atoms with E-state index in [0.29, 0.717) is 0 Å². The molecule has 0 fully saturated rings. The summed E-state index contributed by atoms with van der Waals surface area (Å²) in [5.74, 6) is 0.0275. The molecular formula is C9H13N3O. The topological polar surface area (TPSA) is 46.9 Å². The Labute approximate surface area is 76.9 Å². The van der Waals surface area contributed by atoms with Crippen molar-refractivity contribution in [3.05, 3.63) is 18.0 Å². The van der Waals surface area contributed by atoms with E-state index in [9.17, 15) is 4.79 Å². The Bertz CT molecular complexity index is 318. The van der Waals surface area contributed by atoms with Gasteiger partial charge in [0.05, 0.1) is 11.7 Å². The van der Waals surface area contributed by atoms with Crippen LogP contribution >= 0.6 is 0 Å². The summed E-state index contributed by atoms with van der Waals surface area (Å²) in [7, 11) is 0. The first-order chi connectivity index (χ1) is 6.27. The van der Waals surface area contributed by atoms with E-state index in [1.54, 1.807) is 13.1 Å². The molecule has 0 saturated heterocycles. The number of carbonyl (C=O) groups excluding carboxylic acids is 1. The van der Waals surface area contributed by atoms with Crippen LogP contribution in [0.4, 0.5) is 0 Å². The monoisotopic (exact) mass is 179 g/mol. The smallest absolute Gasteiger partial charge is 0.217 e. The van der Waals surface area contributed by atoms with Crippen molar-refractivity contribution in [3.63, 3.8) is 0 Å². The summed E-state index contributed by atoms with van der Waals surface area (Å²) in [6.45, 7) is 2.52. The molecule has 2 rings (SSSR count). The van der Waals surface area contributed by atoms with E-state index in [-0.39, 0.29) is 11.9 Å². The van der Waals surface area contributed by atoms with Crippen molar-refractivity contribution in [1.29, 1.82) is 0 Å². The Morgan fingerprint density at radius 2 is 2.62 bits per heavy atom. The zero-order valence-corrected chi connectivity index (χ0v) is 7.66. The zero-order chi connectivity index (χ0) is 9.26. The molecule has 1 aliphatic rings. The van der Waals surface area contributed by atoms with Gasteiger partial charge in [0.15, 0.2) is 0 Å². The molecule has 1 amide bonds. The van der Waals surface area contributed by atoms with Gasteiger partial charge in [0.25, 0.3) is 0 Å². The molecule has 70 valence electrons. The van der Waals surface area contributed by atoms with Gasteiger partial charge in [-0.05, 0) is 18.9 Å². The molecule has 0 radical (unpaired) electrons. The predicted octanol–water partition coefficient (Wildman–Crippen LogP) is 0.854. The minimum Gasteiger partial charge on any atom is -0.348 e. The lowest BCUT2D eigenvalue weighted by Gasteiger charge is -2.23. The number of carbonyl (C=O) groups is 1. The molecule has 0 aromatic carbocycles. The van der Waals surface area contributed by atoms with Crippen LogP contribution in [0.2, 0.25) is 0 Å². The highest BCUT2D eigenvalue weighted by Gasteiger charge is 2.20. The number of aromatic nitrogens is 2. The summed E-state index contributed by atoms with van der Waals surface area (Å²) in [5.41, 5.74) is 1.13. The largest absolute Gasteiger partial charge is 0.348 e. The van der Waals surface area contributed by atoms with Gasteiger partial charge in [-0.1, -0.05) is 0 Å². The highest BCUT2D eigenvalue weighted by Crippen LogP contribution is 2.23. The third-order valence-corrected chi connectivity index (χ3v) is 2.35. The molecule has 1 unspecified atom stereocenters. The average Bonchev–Trinajstić information content (AvgIpc) is 2.51. The van der Waals surface area contributed by atoms with Gasteiger partial charge in [0.2, 0.25) is 5.91 Å². The fourth-order valence-corrected chi connectivity index (χ4v) is 1.81. The maximum absolute atomic E-state index is 10.9. The Morgan fingerprint density at radius 1 is 1.77 bits per heavy atom. The van der Waals surface area contributed by atoms with Crippen molar-refractivity contribution in [2.45, 2.75) is 32.4 Å². The molecule has 1 atom stereocenters. The van der Waals surface area contributed by atoms with Gasteiger partial charge in [-0.3, -0.25) is 9.48 Å². The van der Waals surface area contributed by atoms with E-state index in [0.717, 1.165) is 25.1 Å². The molecule has 2 heterocycles. The molecule has 13 heavy (non-hydrogen) atoms. The number of nitrogens with zero attached hydrogens (tertiary/aromatic N) is 2. The first-order valence-corrected chi connectivity index (χ1v) is 4.56. The minimum absolute atomic E-state index is 0.0275. The standard InChI is InChI=1S/C9H13N3O/c1-7(13)11-8-3-2-6-12-9(8)4-5-10-12/h4-5,8H,2-3,6H2,1H3,(H,11,13). The Balaban J connectivity index is 2.20. The fourth-order valence-electron chi connectivity index (χ4n) is 1.81. The van der Waals surface area contributed by atoms with Crippen molar-refractivity contribution in [2.24, 2.45) is 0 Å². The van der Waals surface area contributed by atoms with Crippen LogP contribution in [0.15, 0.2) is 12.3 Å². The highest BCUT2D eigenvalue weighted by atomic mass is 16.1. The molecule has 1 aromatic heterocycles. The zero-order valence-electron chi connectivity index (χ0n) is 7.66. The van der Waals surface area contributed by atoms with E-state index in [1.807, 2.05) is 10.7 Å². The van der Waals surface area contributed by atoms with Crippen LogP contribution in [0.1, 0.15) is 31.5 Å². The van der Waals surface area contributed by atoms with Crippen LogP contribution in [0.5, 0.6) is 0 Å². The van der Waals surface area contributed by atoms with Crippen LogP contribution in [0.25, 0.3) is 0 Å². The summed E-state index contributed by atoms with van der Waals surface area (Å²) >= 11 is 0. The average molecular weight is 179 g/mol. The van der Waals surface area contributed by atoms with Gasteiger partial charge in [-0.2, -0.15) is 5.10 Å². The summed E-state index contributed by atoms with van der Waals surface area (Å²) in [6, 6.07) is 2.13. The van der Waals surface area contributed by atoms with Crippen LogP contribution in [0.3, 0.4) is 0 Å². The normalized spacial score (nSPS) is 20.8. The number of fused-ring (bicyclic) bond motifs is 1. The van der Waals surface area contributed by atoms with E-state index < -0.39 is 0 Å². The van der Waals surface area contributed by atoms with Gasteiger partial charge < -0.3 is 5.32 Å². The van der Waals surface area contributed by atoms with Gasteiger partial charge in [-0.15, -0.1) is 0 Å². The van der Waals surface area contributed by atoms with Crippen molar-refractivity contribution in [2.75, 3.05) is 0 Å². The number of hydrogen-bond acceptors (Lipinski definition) is 2. The van der Waals surface area contributed by atoms with Crippen molar-refractivity contribution < 1.29 is 4.79 Å². The van der Waals surface area contributed by atoms with Gasteiger partial charge in [0, 0.05) is 19.7 Å². The molecule has 0 bridgehead atoms. The molecule has 0 aliphatic carbocycles. The molecule has 0 saturated carbocycles. The van der Waals surface area contributed by atoms with Crippen LogP contribution in [-0.2, 0) is 11.3 Å². The Kier molecular flexibility index (Phi) is 2.04. The van der Waals surface area contributed by atoms with Crippen molar-refractivity contribution in [3.8, 4) is 0 Å². The number of amides is 1. The third kappa shape index (κ3) is 1.56. The lowest BCUT2D eigenvalue weighted by Crippen LogP contribution is -2.30. The summed E-state index contributed by atoms with van der Waals surface area (Å²) in [6.07, 6.45) is 3.89. The maximum atomic E-state index is 10.9. The lowest BCUT2D eigenvalue weighted by atomic mass is 10.0. The first kappa shape index (κ1) is 8.29. The molecule has 0 spiro atoms. The minimum atomic E-state index is 0.0275. The van der Waals surface area contributed by atoms with Crippen LogP contribution < -0.4 is 5.32 Å². The number of rotatable bonds is 1. The Hall–Kier alpha value is -1.32. The van der Waals surface area contributed by atoms with Gasteiger partial charge in [-0.25, -0.2) is 0 Å². The molecule has 1 aliphatic heterocycles. The number of hydrogen-bond donors (Lipinski definition) is 1. The SMILES string of the molecule is CC(=O)NC1CCCn2nccc21. The van der Waals surface area contributed by atoms with Crippen molar-refractivity contribution in [1.82, 2.24) is 15.1 Å². The summed E-state index contributed by atoms with van der Waals surface area (Å²) in [5, 5.41) is 7.10. The second-order valence-corrected chi connectivity index (χ2v) is 3.37. The van der Waals surface area contributed by atoms with E-state index in [4.69, 9.17) is 0 Å². The van der Waals surface area contributed by atoms with E-state index >= 15 is 0 Å². The highest BCUT2D eigenvalue weighted by molar-refractivity contribution is 5.73. The molecule has 4 nitrogen and oxygen atoms in total. The summed E-state index contributed by atoms with van der Waals surface area (Å²) in [4.78, 5) is 10.9. The van der Waals surface area contributed by atoms with Crippen molar-refractivity contribution >= 4 is 5.91 Å². The summed E-state index contributed by atoms with van der Waals surface area (Å²) < 4.78 is 1.96. The number of nitrogens with one attached hydrogen (secondary N) is 1. The molecule has 4 heteroatoms. The molecular weight excluding hydrogens is 166 g/mol. The fraction of sp³-hybridized carbons (Fsp3) is 0.556. The van der Waals surface area contributed by atoms with Crippen LogP contribution in [-0.4, -0.2) is 15.7 Å². The van der Waals surface area contributed by atoms with Gasteiger partial charge in [0.1, 0.15) is 0 Å². The molecule has 1 aromatic rings. The second-order valence-electron chi connectivity index (χ2n) is 3.37. The van der Waals surface area contributed by atoms with Gasteiger partial charge >= 0.3 is 0 Å².